The van der Waals surface area contributed by atoms with E-state index in [9.17, 15) is 0 Å². The number of ether oxygens (including phenoxy) is 1. The number of hydrogen-bond donors (Lipinski definition) is 0. The van der Waals surface area contributed by atoms with Crippen molar-refractivity contribution in [1.82, 2.24) is 0 Å². The van der Waals surface area contributed by atoms with Crippen molar-refractivity contribution in [2.75, 3.05) is 11.4 Å². The number of thiazole rings is 1. The third kappa shape index (κ3) is 4.68. The zero-order valence-electron chi connectivity index (χ0n) is 22.3. The Hall–Kier alpha value is -3.34. The summed E-state index contributed by atoms with van der Waals surface area (Å²) in [6, 6.07) is 18.9. The molecule has 1 aliphatic heterocycles. The summed E-state index contributed by atoms with van der Waals surface area (Å²) in [5.74, 6) is 1.68. The summed E-state index contributed by atoms with van der Waals surface area (Å²) in [4.78, 5) is 2.15. The number of aryl methyl sites for hydroxylation is 1. The molecule has 2 heterocycles. The molecule has 38 heavy (non-hydrogen) atoms. The maximum atomic E-state index is 6.23. The lowest BCUT2D eigenvalue weighted by Gasteiger charge is -2.30. The van der Waals surface area contributed by atoms with Gasteiger partial charge in [0.25, 0.3) is 5.01 Å². The van der Waals surface area contributed by atoms with Crippen molar-refractivity contribution in [3.63, 3.8) is 0 Å². The van der Waals surface area contributed by atoms with Crippen molar-refractivity contribution in [1.29, 1.82) is 0 Å². The van der Waals surface area contributed by atoms with Gasteiger partial charge >= 0.3 is 0 Å². The van der Waals surface area contributed by atoms with E-state index in [1.165, 1.54) is 37.1 Å². The Bertz CT molecular complexity index is 1690. The van der Waals surface area contributed by atoms with Crippen LogP contribution in [0.1, 0.15) is 38.6 Å². The summed E-state index contributed by atoms with van der Waals surface area (Å²) < 4.78 is 9.79. The molecule has 0 bridgehead atoms. The lowest BCUT2D eigenvalue weighted by atomic mass is 9.75. The quantitative estimate of drug-likeness (QED) is 0.241. The highest BCUT2D eigenvalue weighted by molar-refractivity contribution is 7.19. The topological polar surface area (TPSA) is 16.4 Å². The molecule has 0 spiro atoms. The third-order valence-electron chi connectivity index (χ3n) is 7.35. The van der Waals surface area contributed by atoms with Crippen LogP contribution in [0.5, 0.6) is 5.75 Å². The van der Waals surface area contributed by atoms with Crippen LogP contribution in [0.25, 0.3) is 27.1 Å². The fourth-order valence-electron chi connectivity index (χ4n) is 5.73. The molecular weight excluding hydrogens is 508 g/mol. The van der Waals surface area contributed by atoms with Crippen LogP contribution in [0.3, 0.4) is 0 Å². The van der Waals surface area contributed by atoms with E-state index in [1.807, 2.05) is 29.5 Å². The second kappa shape index (κ2) is 9.76. The average molecular weight is 540 g/mol. The van der Waals surface area contributed by atoms with Crippen LogP contribution < -0.4 is 14.2 Å². The number of allylic oxidation sites excluding steroid dienone is 6. The van der Waals surface area contributed by atoms with Gasteiger partial charge in [0.05, 0.1) is 11.1 Å². The summed E-state index contributed by atoms with van der Waals surface area (Å²) in [5.41, 5.74) is 5.23. The lowest BCUT2D eigenvalue weighted by molar-refractivity contribution is -0.641. The van der Waals surface area contributed by atoms with Crippen LogP contribution in [0.2, 0.25) is 5.02 Å². The van der Waals surface area contributed by atoms with Gasteiger partial charge in [0.15, 0.2) is 5.75 Å². The molecule has 0 saturated carbocycles. The molecule has 0 unspecified atom stereocenters. The van der Waals surface area contributed by atoms with Crippen molar-refractivity contribution in [3.8, 4) is 5.75 Å². The molecule has 3 nitrogen and oxygen atoms in total. The van der Waals surface area contributed by atoms with Crippen LogP contribution in [-0.4, -0.2) is 6.54 Å². The molecule has 4 aromatic rings. The van der Waals surface area contributed by atoms with E-state index in [2.05, 4.69) is 104 Å². The fourth-order valence-corrected chi connectivity index (χ4v) is 7.04. The number of hydrogen-bond acceptors (Lipinski definition) is 3. The third-order valence-corrected chi connectivity index (χ3v) is 8.73. The van der Waals surface area contributed by atoms with Crippen LogP contribution >= 0.6 is 22.9 Å². The number of rotatable bonds is 4. The highest BCUT2D eigenvalue weighted by Crippen LogP contribution is 2.41. The Kier molecular flexibility index (Phi) is 6.41. The van der Waals surface area contributed by atoms with E-state index < -0.39 is 0 Å². The first-order valence-corrected chi connectivity index (χ1v) is 14.4. The normalized spacial score (nSPS) is 19.1. The average Bonchev–Trinajstić information content (AvgIpc) is 3.39. The molecule has 0 atom stereocenters. The molecule has 1 aliphatic carbocycles. The minimum absolute atomic E-state index is 0.196. The second-order valence-electron chi connectivity index (χ2n) is 10.9. The number of nitrogens with zero attached hydrogens (tertiary/aromatic N) is 2. The van der Waals surface area contributed by atoms with Crippen molar-refractivity contribution >= 4 is 55.7 Å². The molecule has 0 fully saturated rings. The van der Waals surface area contributed by atoms with Crippen molar-refractivity contribution in [2.45, 2.75) is 33.6 Å². The SMILES string of the molecule is CCN1/C(=C/C=C/C2=CC(=C/c3sc4ccc5ccccc5c4[n+]3C)/CC(C)(C)C2)Oc2ccc(Cl)cc21. The summed E-state index contributed by atoms with van der Waals surface area (Å²) in [6.07, 6.45) is 13.2. The molecule has 0 amide bonds. The first kappa shape index (κ1) is 25.0. The van der Waals surface area contributed by atoms with E-state index in [4.69, 9.17) is 16.3 Å². The van der Waals surface area contributed by atoms with Crippen molar-refractivity contribution in [3.05, 3.63) is 106 Å². The Morgan fingerprint density at radius 3 is 2.79 bits per heavy atom. The minimum Gasteiger partial charge on any atom is -0.439 e. The van der Waals surface area contributed by atoms with Crippen LogP contribution in [0.4, 0.5) is 5.69 Å². The van der Waals surface area contributed by atoms with Crippen molar-refractivity contribution in [2.24, 2.45) is 12.5 Å². The maximum Gasteiger partial charge on any atom is 0.262 e. The van der Waals surface area contributed by atoms with Crippen LogP contribution in [0.15, 0.2) is 95.9 Å². The Morgan fingerprint density at radius 2 is 1.95 bits per heavy atom. The van der Waals surface area contributed by atoms with Gasteiger partial charge in [-0.3, -0.25) is 0 Å². The Morgan fingerprint density at radius 1 is 1.11 bits per heavy atom. The lowest BCUT2D eigenvalue weighted by Crippen LogP contribution is -2.29. The molecule has 0 radical (unpaired) electrons. The standard InChI is InChI=1S/C33H32ClN2OS/c1-5-36-27-19-25(34)14-15-28(27)37-30(36)12-8-9-22-17-23(21-33(2,3)20-22)18-31-35(4)32-26-11-7-6-10-24(26)13-16-29(32)38-31/h6-19H,5,20-21H2,1-4H3/q+1. The summed E-state index contributed by atoms with van der Waals surface area (Å²) in [6.45, 7) is 7.66. The largest absolute Gasteiger partial charge is 0.439 e. The molecule has 2 aliphatic rings. The van der Waals surface area contributed by atoms with E-state index in [-0.39, 0.29) is 5.41 Å². The molecule has 0 N–H and O–H groups in total. The molecule has 3 aromatic carbocycles. The van der Waals surface area contributed by atoms with Gasteiger partial charge in [-0.05, 0) is 78.1 Å². The molecule has 5 heteroatoms. The van der Waals surface area contributed by atoms with E-state index in [0.717, 1.165) is 41.7 Å². The van der Waals surface area contributed by atoms with E-state index >= 15 is 0 Å². The molecule has 1 aromatic heterocycles. The van der Waals surface area contributed by atoms with Gasteiger partial charge in [-0.15, -0.1) is 0 Å². The van der Waals surface area contributed by atoms with Gasteiger partial charge in [0.2, 0.25) is 11.4 Å². The number of anilines is 1. The highest BCUT2D eigenvalue weighted by Gasteiger charge is 2.27. The fraction of sp³-hybridized carbons (Fsp3) is 0.242. The highest BCUT2D eigenvalue weighted by atomic mass is 35.5. The zero-order valence-corrected chi connectivity index (χ0v) is 23.9. The maximum absolute atomic E-state index is 6.23. The van der Waals surface area contributed by atoms with Gasteiger partial charge in [-0.2, -0.15) is 4.57 Å². The first-order chi connectivity index (χ1) is 18.3. The molecule has 6 rings (SSSR count). The Balaban J connectivity index is 1.31. The summed E-state index contributed by atoms with van der Waals surface area (Å²) in [7, 11) is 2.19. The number of fused-ring (bicyclic) bond motifs is 4. The molecular formula is C33H32ClN2OS+. The van der Waals surface area contributed by atoms with Crippen LogP contribution in [-0.2, 0) is 7.05 Å². The number of halogens is 1. The van der Waals surface area contributed by atoms with Gasteiger partial charge in [-0.1, -0.05) is 79.3 Å². The second-order valence-corrected chi connectivity index (χ2v) is 12.4. The predicted octanol–water partition coefficient (Wildman–Crippen LogP) is 8.98. The summed E-state index contributed by atoms with van der Waals surface area (Å²) >= 11 is 8.09. The number of benzene rings is 3. The van der Waals surface area contributed by atoms with Gasteiger partial charge in [-0.25, -0.2) is 0 Å². The van der Waals surface area contributed by atoms with Crippen LogP contribution in [0, 0.1) is 5.41 Å². The summed E-state index contributed by atoms with van der Waals surface area (Å²) in [5, 5.41) is 4.59. The smallest absolute Gasteiger partial charge is 0.262 e. The van der Waals surface area contributed by atoms with Crippen molar-refractivity contribution < 1.29 is 9.30 Å². The molecule has 192 valence electrons. The van der Waals surface area contributed by atoms with Gasteiger partial charge in [0.1, 0.15) is 11.7 Å². The first-order valence-electron chi connectivity index (χ1n) is 13.2. The zero-order chi connectivity index (χ0) is 26.4. The minimum atomic E-state index is 0.196. The van der Waals surface area contributed by atoms with E-state index in [0.29, 0.717) is 0 Å². The Labute approximate surface area is 233 Å². The van der Waals surface area contributed by atoms with Gasteiger partial charge in [0, 0.05) is 17.6 Å². The van der Waals surface area contributed by atoms with Gasteiger partial charge < -0.3 is 9.64 Å². The van der Waals surface area contributed by atoms with E-state index in [1.54, 1.807) is 0 Å². The molecule has 0 saturated heterocycles. The number of aromatic nitrogens is 1. The monoisotopic (exact) mass is 539 g/mol. The predicted molar refractivity (Wildman–Crippen MR) is 162 cm³/mol.